The third-order valence-corrected chi connectivity index (χ3v) is 4.85. The number of nitrogens with one attached hydrogen (secondary N) is 1. The number of hydrogen-bond acceptors (Lipinski definition) is 3. The van der Waals surface area contributed by atoms with Gasteiger partial charge in [-0.15, -0.1) is 0 Å². The average Bonchev–Trinajstić information content (AvgIpc) is 2.93. The Morgan fingerprint density at radius 3 is 2.61 bits per heavy atom. The molecule has 18 heavy (non-hydrogen) atoms. The first-order chi connectivity index (χ1) is 8.36. The molecule has 1 aliphatic carbocycles. The van der Waals surface area contributed by atoms with Crippen molar-refractivity contribution < 1.29 is 9.90 Å². The number of carbonyl (C=O) groups is 1. The molecule has 2 N–H and O–H groups in total. The molecular weight excluding hydrogens is 228 g/mol. The van der Waals surface area contributed by atoms with Crippen LogP contribution < -0.4 is 5.32 Å². The summed E-state index contributed by atoms with van der Waals surface area (Å²) in [7, 11) is 2.17. The van der Waals surface area contributed by atoms with E-state index in [9.17, 15) is 4.79 Å². The van der Waals surface area contributed by atoms with E-state index in [-0.39, 0.29) is 5.41 Å². The van der Waals surface area contributed by atoms with Gasteiger partial charge in [0.05, 0.1) is 5.41 Å². The van der Waals surface area contributed by atoms with Crippen LogP contribution in [0, 0.1) is 16.7 Å². The summed E-state index contributed by atoms with van der Waals surface area (Å²) in [6, 6.07) is 0. The van der Waals surface area contributed by atoms with Crippen LogP contribution in [0.1, 0.15) is 33.1 Å². The summed E-state index contributed by atoms with van der Waals surface area (Å²) in [5, 5.41) is 12.5. The molecule has 1 heterocycles. The molecule has 1 unspecified atom stereocenters. The fourth-order valence-electron chi connectivity index (χ4n) is 2.96. The van der Waals surface area contributed by atoms with Crippen molar-refractivity contribution in [3.05, 3.63) is 0 Å². The van der Waals surface area contributed by atoms with Gasteiger partial charge in [0.15, 0.2) is 0 Å². The monoisotopic (exact) mass is 254 g/mol. The highest BCUT2D eigenvalue weighted by Crippen LogP contribution is 2.45. The smallest absolute Gasteiger partial charge is 0.310 e. The zero-order valence-electron chi connectivity index (χ0n) is 11.8. The van der Waals surface area contributed by atoms with E-state index in [4.69, 9.17) is 5.11 Å². The molecule has 1 atom stereocenters. The van der Waals surface area contributed by atoms with Crippen LogP contribution in [-0.4, -0.2) is 49.2 Å². The van der Waals surface area contributed by atoms with E-state index in [0.29, 0.717) is 6.54 Å². The summed E-state index contributed by atoms with van der Waals surface area (Å²) >= 11 is 0. The maximum atomic E-state index is 11.1. The van der Waals surface area contributed by atoms with Gasteiger partial charge in [0.25, 0.3) is 0 Å². The van der Waals surface area contributed by atoms with Crippen LogP contribution in [0.5, 0.6) is 0 Å². The summed E-state index contributed by atoms with van der Waals surface area (Å²) in [4.78, 5) is 13.5. The maximum Gasteiger partial charge on any atom is 0.310 e. The van der Waals surface area contributed by atoms with Crippen molar-refractivity contribution in [2.75, 3.05) is 33.2 Å². The van der Waals surface area contributed by atoms with Gasteiger partial charge in [0.1, 0.15) is 0 Å². The Morgan fingerprint density at radius 1 is 1.50 bits per heavy atom. The Morgan fingerprint density at radius 2 is 2.17 bits per heavy atom. The fraction of sp³-hybridized carbons (Fsp3) is 0.929. The van der Waals surface area contributed by atoms with Crippen molar-refractivity contribution >= 4 is 5.97 Å². The molecule has 4 nitrogen and oxygen atoms in total. The summed E-state index contributed by atoms with van der Waals surface area (Å²) in [5.41, 5.74) is -0.193. The second-order valence-corrected chi connectivity index (χ2v) is 6.93. The Hall–Kier alpha value is -0.610. The van der Waals surface area contributed by atoms with Gasteiger partial charge in [-0.3, -0.25) is 4.79 Å². The number of aliphatic carboxylic acids is 1. The number of nitrogens with zero attached hydrogens (tertiary/aromatic N) is 1. The van der Waals surface area contributed by atoms with E-state index in [1.165, 1.54) is 19.5 Å². The topological polar surface area (TPSA) is 52.6 Å². The first kappa shape index (κ1) is 13.8. The van der Waals surface area contributed by atoms with E-state index >= 15 is 0 Å². The van der Waals surface area contributed by atoms with Crippen LogP contribution in [0.25, 0.3) is 0 Å². The quantitative estimate of drug-likeness (QED) is 0.752. The highest BCUT2D eigenvalue weighted by molar-refractivity contribution is 5.78. The van der Waals surface area contributed by atoms with Gasteiger partial charge in [-0.2, -0.15) is 0 Å². The molecule has 1 saturated heterocycles. The van der Waals surface area contributed by atoms with E-state index in [1.54, 1.807) is 0 Å². The molecule has 2 rings (SSSR count). The molecule has 1 saturated carbocycles. The van der Waals surface area contributed by atoms with Gasteiger partial charge in [0.2, 0.25) is 0 Å². The molecule has 1 aliphatic heterocycles. The molecule has 0 spiro atoms. The van der Waals surface area contributed by atoms with E-state index in [2.05, 4.69) is 31.1 Å². The van der Waals surface area contributed by atoms with Crippen molar-refractivity contribution in [3.8, 4) is 0 Å². The van der Waals surface area contributed by atoms with Crippen LogP contribution in [0.2, 0.25) is 0 Å². The minimum atomic E-state index is -0.631. The van der Waals surface area contributed by atoms with Gasteiger partial charge in [-0.1, -0.05) is 13.8 Å². The number of likely N-dealkylation sites (tertiary alicyclic amines) is 1. The van der Waals surface area contributed by atoms with Crippen LogP contribution in [0.3, 0.4) is 0 Å². The van der Waals surface area contributed by atoms with Crippen molar-refractivity contribution in [1.29, 1.82) is 0 Å². The minimum absolute atomic E-state index is 0.249. The molecule has 0 aromatic carbocycles. The lowest BCUT2D eigenvalue weighted by Crippen LogP contribution is -2.40. The number of carboxylic acids is 1. The normalized spacial score (nSPS) is 27.4. The van der Waals surface area contributed by atoms with Crippen molar-refractivity contribution in [3.63, 3.8) is 0 Å². The maximum absolute atomic E-state index is 11.1. The lowest BCUT2D eigenvalue weighted by Gasteiger charge is -2.32. The van der Waals surface area contributed by atoms with E-state index < -0.39 is 11.4 Å². The number of hydrogen-bond donors (Lipinski definition) is 2. The Bertz CT molecular complexity index is 324. The van der Waals surface area contributed by atoms with Crippen LogP contribution in [0.15, 0.2) is 0 Å². The third-order valence-electron chi connectivity index (χ3n) is 4.85. The predicted molar refractivity (Wildman–Crippen MR) is 71.6 cm³/mol. The van der Waals surface area contributed by atoms with E-state index in [0.717, 1.165) is 25.3 Å². The molecule has 0 bridgehead atoms. The molecule has 4 heteroatoms. The molecule has 0 aromatic heterocycles. The minimum Gasteiger partial charge on any atom is -0.481 e. The van der Waals surface area contributed by atoms with Crippen molar-refractivity contribution in [2.24, 2.45) is 16.7 Å². The molecular formula is C14H26N2O2. The highest BCUT2D eigenvalue weighted by atomic mass is 16.4. The first-order valence-corrected chi connectivity index (χ1v) is 6.98. The average molecular weight is 254 g/mol. The fourth-order valence-corrected chi connectivity index (χ4v) is 2.96. The summed E-state index contributed by atoms with van der Waals surface area (Å²) in [6.07, 6.45) is 2.93. The van der Waals surface area contributed by atoms with Crippen molar-refractivity contribution in [1.82, 2.24) is 10.2 Å². The Balaban J connectivity index is 1.77. The summed E-state index contributed by atoms with van der Waals surface area (Å²) in [5.74, 6) is 0.0865. The van der Waals surface area contributed by atoms with Crippen molar-refractivity contribution in [2.45, 2.75) is 33.1 Å². The Labute approximate surface area is 110 Å². The standard InChI is InChI=1S/C14H26N2O2/c1-13(2,11-4-7-16(3)8-11)9-15-10-14(5-6-14)12(17)18/h11,15H,4-10H2,1-3H3,(H,17,18). The molecule has 2 fully saturated rings. The lowest BCUT2D eigenvalue weighted by atomic mass is 9.78. The third kappa shape index (κ3) is 2.86. The predicted octanol–water partition coefficient (Wildman–Crippen LogP) is 1.42. The second-order valence-electron chi connectivity index (χ2n) is 6.93. The largest absolute Gasteiger partial charge is 0.481 e. The molecule has 104 valence electrons. The van der Waals surface area contributed by atoms with Crippen LogP contribution in [0.4, 0.5) is 0 Å². The van der Waals surface area contributed by atoms with Gasteiger partial charge < -0.3 is 15.3 Å². The molecule has 2 aliphatic rings. The molecule has 0 amide bonds. The highest BCUT2D eigenvalue weighted by Gasteiger charge is 2.50. The molecule has 0 aromatic rings. The number of carboxylic acid groups (broad SMARTS) is 1. The zero-order chi connectivity index (χ0) is 13.4. The van der Waals surface area contributed by atoms with Crippen LogP contribution >= 0.6 is 0 Å². The second kappa shape index (κ2) is 4.82. The zero-order valence-corrected chi connectivity index (χ0v) is 11.8. The Kier molecular flexibility index (Phi) is 3.70. The van der Waals surface area contributed by atoms with Gasteiger partial charge in [-0.25, -0.2) is 0 Å². The number of rotatable bonds is 6. The molecule has 0 radical (unpaired) electrons. The summed E-state index contributed by atoms with van der Waals surface area (Å²) in [6.45, 7) is 8.50. The van der Waals surface area contributed by atoms with Gasteiger partial charge in [0, 0.05) is 19.6 Å². The van der Waals surface area contributed by atoms with Gasteiger partial charge in [-0.05, 0) is 44.2 Å². The lowest BCUT2D eigenvalue weighted by molar-refractivity contribution is -0.143. The van der Waals surface area contributed by atoms with Gasteiger partial charge >= 0.3 is 5.97 Å². The summed E-state index contributed by atoms with van der Waals surface area (Å²) < 4.78 is 0. The first-order valence-electron chi connectivity index (χ1n) is 6.98. The van der Waals surface area contributed by atoms with E-state index in [1.807, 2.05) is 0 Å². The van der Waals surface area contributed by atoms with Crippen LogP contribution in [-0.2, 0) is 4.79 Å². The SMILES string of the molecule is CN1CCC(C(C)(C)CNCC2(C(=O)O)CC2)C1.